The molecule has 3 aromatic rings. The van der Waals surface area contributed by atoms with E-state index in [0.29, 0.717) is 0 Å². The van der Waals surface area contributed by atoms with Crippen LogP contribution < -0.4 is 10.6 Å². The molecular weight excluding hydrogens is 288 g/mol. The molecule has 3 aromatic heterocycles. The van der Waals surface area contributed by atoms with E-state index in [9.17, 15) is 0 Å². The van der Waals surface area contributed by atoms with Gasteiger partial charge < -0.3 is 0 Å². The van der Waals surface area contributed by atoms with Gasteiger partial charge in [-0.3, -0.25) is 10.6 Å². The van der Waals surface area contributed by atoms with Crippen LogP contribution in [0.5, 0.6) is 0 Å². The molecule has 22 heavy (non-hydrogen) atoms. The highest BCUT2D eigenvalue weighted by atomic mass is 15.4. The van der Waals surface area contributed by atoms with Gasteiger partial charge in [-0.05, 0) is 11.8 Å². The summed E-state index contributed by atoms with van der Waals surface area (Å²) in [5.41, 5.74) is 0. The Balaban J connectivity index is 1.67. The minimum atomic E-state index is 0.104. The Morgan fingerprint density at radius 2 is 1.14 bits per heavy atom. The summed E-state index contributed by atoms with van der Waals surface area (Å²) in [5, 5.41) is 33.2. The monoisotopic (exact) mass is 294 g/mol. The van der Waals surface area contributed by atoms with Crippen molar-refractivity contribution in [2.75, 3.05) is 10.6 Å². The Morgan fingerprint density at radius 1 is 0.727 bits per heavy atom. The van der Waals surface area contributed by atoms with E-state index in [0.717, 1.165) is 0 Å². The third-order valence-corrected chi connectivity index (χ3v) is 2.17. The van der Waals surface area contributed by atoms with Crippen LogP contribution in [-0.2, 0) is 0 Å². The number of nitrogens with one attached hydrogen (secondary N) is 4. The maximum atomic E-state index is 5.15. The van der Waals surface area contributed by atoms with Crippen LogP contribution >= 0.6 is 0 Å². The Kier molecular flexibility index (Phi) is 3.24. The standard InChI is InChI=1S/C10H6N12/c1-3-5-11-7(17-15-5)13-9-19-21-10(22-20-9)14-8-12-6(4-2)16-18-8/h1-2H,(H2,11,13,15,17,19,20)(H2,12,14,16,18,21,22). The number of rotatable bonds is 4. The van der Waals surface area contributed by atoms with E-state index in [2.05, 4.69) is 73.2 Å². The van der Waals surface area contributed by atoms with Crippen LogP contribution in [0.4, 0.5) is 23.8 Å². The summed E-state index contributed by atoms with van der Waals surface area (Å²) in [5.74, 6) is 5.70. The van der Waals surface area contributed by atoms with Crippen molar-refractivity contribution in [2.24, 2.45) is 0 Å². The van der Waals surface area contributed by atoms with Crippen LogP contribution in [0.25, 0.3) is 0 Å². The highest BCUT2D eigenvalue weighted by Crippen LogP contribution is 2.07. The normalized spacial score (nSPS) is 9.73. The minimum absolute atomic E-state index is 0.104. The predicted molar refractivity (Wildman–Crippen MR) is 72.8 cm³/mol. The van der Waals surface area contributed by atoms with Gasteiger partial charge >= 0.3 is 0 Å². The van der Waals surface area contributed by atoms with E-state index < -0.39 is 0 Å². The lowest BCUT2D eigenvalue weighted by atomic mass is 10.7. The van der Waals surface area contributed by atoms with E-state index in [-0.39, 0.29) is 35.4 Å². The molecule has 0 saturated carbocycles. The van der Waals surface area contributed by atoms with E-state index in [4.69, 9.17) is 12.8 Å². The van der Waals surface area contributed by atoms with Crippen LogP contribution in [0.1, 0.15) is 11.6 Å². The first-order valence-corrected chi connectivity index (χ1v) is 5.66. The molecule has 0 unspecified atom stereocenters. The smallest absolute Gasteiger partial charge is 0.269 e. The van der Waals surface area contributed by atoms with Gasteiger partial charge in [0.25, 0.3) is 11.9 Å². The number of aromatic amines is 2. The Bertz CT molecular complexity index is 787. The van der Waals surface area contributed by atoms with Crippen molar-refractivity contribution in [3.63, 3.8) is 0 Å². The van der Waals surface area contributed by atoms with Crippen molar-refractivity contribution in [1.82, 2.24) is 50.8 Å². The average Bonchev–Trinajstić information content (AvgIpc) is 3.18. The number of anilines is 4. The average molecular weight is 294 g/mol. The van der Waals surface area contributed by atoms with E-state index in [1.54, 1.807) is 0 Å². The first-order valence-electron chi connectivity index (χ1n) is 5.66. The van der Waals surface area contributed by atoms with Crippen LogP contribution in [0.2, 0.25) is 0 Å². The molecule has 12 nitrogen and oxygen atoms in total. The molecule has 106 valence electrons. The van der Waals surface area contributed by atoms with Crippen molar-refractivity contribution in [2.45, 2.75) is 0 Å². The summed E-state index contributed by atoms with van der Waals surface area (Å²) in [6.07, 6.45) is 10.3. The molecule has 0 spiro atoms. The number of hydrogen-bond donors (Lipinski definition) is 4. The highest BCUT2D eigenvalue weighted by Gasteiger charge is 2.07. The van der Waals surface area contributed by atoms with Gasteiger partial charge in [-0.2, -0.15) is 9.97 Å². The fourth-order valence-electron chi connectivity index (χ4n) is 1.31. The molecule has 0 aliphatic heterocycles. The Labute approximate surface area is 122 Å². The summed E-state index contributed by atoms with van der Waals surface area (Å²) >= 11 is 0. The molecule has 3 heterocycles. The Hall–Kier alpha value is -4.06. The summed E-state index contributed by atoms with van der Waals surface area (Å²) < 4.78 is 0. The summed E-state index contributed by atoms with van der Waals surface area (Å²) in [4.78, 5) is 7.84. The quantitative estimate of drug-likeness (QED) is 0.437. The van der Waals surface area contributed by atoms with Gasteiger partial charge in [0, 0.05) is 0 Å². The summed E-state index contributed by atoms with van der Waals surface area (Å²) in [6, 6.07) is 0. The Morgan fingerprint density at radius 3 is 1.45 bits per heavy atom. The molecule has 0 amide bonds. The lowest BCUT2D eigenvalue weighted by Gasteiger charge is -2.00. The third kappa shape index (κ3) is 2.75. The molecule has 3 rings (SSSR count). The fourth-order valence-corrected chi connectivity index (χ4v) is 1.31. The van der Waals surface area contributed by atoms with Gasteiger partial charge in [0.15, 0.2) is 0 Å². The zero-order chi connectivity index (χ0) is 15.4. The zero-order valence-electron chi connectivity index (χ0n) is 10.7. The van der Waals surface area contributed by atoms with Crippen LogP contribution in [-0.4, -0.2) is 50.8 Å². The second-order valence-corrected chi connectivity index (χ2v) is 3.60. The SMILES string of the molecule is C#Cc1n[nH]c(Nc2nnc(Nc3nc(C#C)n[nH]3)nn2)n1. The van der Waals surface area contributed by atoms with Gasteiger partial charge in [0.1, 0.15) is 0 Å². The number of aromatic nitrogens is 10. The molecule has 0 fully saturated rings. The fraction of sp³-hybridized carbons (Fsp3) is 0. The van der Waals surface area contributed by atoms with E-state index in [1.807, 2.05) is 0 Å². The van der Waals surface area contributed by atoms with Crippen molar-refractivity contribution in [1.29, 1.82) is 0 Å². The molecule has 12 heteroatoms. The molecule has 0 aromatic carbocycles. The lowest BCUT2D eigenvalue weighted by Crippen LogP contribution is -2.06. The molecule has 0 saturated heterocycles. The molecule has 0 aliphatic carbocycles. The van der Waals surface area contributed by atoms with Crippen molar-refractivity contribution < 1.29 is 0 Å². The lowest BCUT2D eigenvalue weighted by molar-refractivity contribution is 0.869. The van der Waals surface area contributed by atoms with Gasteiger partial charge in [-0.1, -0.05) is 0 Å². The van der Waals surface area contributed by atoms with Crippen LogP contribution in [0.15, 0.2) is 0 Å². The first kappa shape index (κ1) is 12.9. The molecule has 0 atom stereocenters. The third-order valence-electron chi connectivity index (χ3n) is 2.17. The number of terminal acetylenes is 2. The number of nitrogens with zero attached hydrogens (tertiary/aromatic N) is 8. The van der Waals surface area contributed by atoms with E-state index in [1.165, 1.54) is 0 Å². The van der Waals surface area contributed by atoms with Gasteiger partial charge in [0.05, 0.1) is 0 Å². The van der Waals surface area contributed by atoms with Gasteiger partial charge in [0.2, 0.25) is 23.5 Å². The van der Waals surface area contributed by atoms with Crippen molar-refractivity contribution in [3.8, 4) is 24.7 Å². The predicted octanol–water partition coefficient (Wildman–Crippen LogP) is -1.05. The number of H-pyrrole nitrogens is 2. The van der Waals surface area contributed by atoms with Gasteiger partial charge in [-0.15, -0.1) is 43.4 Å². The molecule has 0 aliphatic rings. The summed E-state index contributed by atoms with van der Waals surface area (Å²) in [6.45, 7) is 0. The highest BCUT2D eigenvalue weighted by molar-refractivity contribution is 5.44. The molecule has 0 bridgehead atoms. The number of hydrogen-bond acceptors (Lipinski definition) is 10. The summed E-state index contributed by atoms with van der Waals surface area (Å²) in [7, 11) is 0. The van der Waals surface area contributed by atoms with Crippen LogP contribution in [0, 0.1) is 24.7 Å². The minimum Gasteiger partial charge on any atom is -0.290 e. The second kappa shape index (κ2) is 5.51. The maximum absolute atomic E-state index is 5.15. The topological polar surface area (TPSA) is 159 Å². The van der Waals surface area contributed by atoms with Crippen LogP contribution in [0.3, 0.4) is 0 Å². The first-order chi connectivity index (χ1) is 10.8. The molecular formula is C10H6N12. The van der Waals surface area contributed by atoms with Crippen molar-refractivity contribution >= 4 is 23.8 Å². The largest absolute Gasteiger partial charge is 0.290 e. The molecule has 0 radical (unpaired) electrons. The van der Waals surface area contributed by atoms with E-state index >= 15 is 0 Å². The second-order valence-electron chi connectivity index (χ2n) is 3.60. The zero-order valence-corrected chi connectivity index (χ0v) is 10.7. The van der Waals surface area contributed by atoms with Crippen molar-refractivity contribution in [3.05, 3.63) is 11.6 Å². The molecule has 4 N–H and O–H groups in total. The maximum Gasteiger partial charge on any atom is 0.269 e. The van der Waals surface area contributed by atoms with Gasteiger partial charge in [-0.25, -0.2) is 10.2 Å².